The fourth-order valence-electron chi connectivity index (χ4n) is 4.58. The van der Waals surface area contributed by atoms with Crippen LogP contribution in [-0.4, -0.2) is 96.5 Å². The Bertz CT molecular complexity index is 915. The number of aliphatic hydroxyl groups excluding tert-OH is 1. The van der Waals surface area contributed by atoms with E-state index in [1.165, 1.54) is 6.20 Å². The van der Waals surface area contributed by atoms with Gasteiger partial charge in [0.1, 0.15) is 0 Å². The average molecular weight is 510 g/mol. The highest BCUT2D eigenvalue weighted by atomic mass is 32.2. The predicted molar refractivity (Wildman–Crippen MR) is 114 cm³/mol. The van der Waals surface area contributed by atoms with Gasteiger partial charge in [-0.25, -0.2) is 18.2 Å². The third-order valence-corrected chi connectivity index (χ3v) is 8.39. The predicted octanol–water partition coefficient (Wildman–Crippen LogP) is 1.73. The Morgan fingerprint density at radius 3 is 2.32 bits per heavy atom. The number of likely N-dealkylation sites (tertiary alicyclic amines) is 1. The Hall–Kier alpha value is -1.80. The van der Waals surface area contributed by atoms with Crippen molar-refractivity contribution < 1.29 is 41.3 Å². The minimum absolute atomic E-state index is 0.107. The summed E-state index contributed by atoms with van der Waals surface area (Å²) >= 11 is 0. The van der Waals surface area contributed by atoms with Crippen molar-refractivity contribution in [1.29, 1.82) is 0 Å². The van der Waals surface area contributed by atoms with Crippen LogP contribution in [0.1, 0.15) is 32.1 Å². The van der Waals surface area contributed by atoms with Gasteiger partial charge in [-0.05, 0) is 49.7 Å². The molecular weight excluding hydrogens is 479 g/mol. The van der Waals surface area contributed by atoms with Crippen molar-refractivity contribution in [2.75, 3.05) is 39.3 Å². The van der Waals surface area contributed by atoms with Crippen molar-refractivity contribution >= 4 is 16.0 Å². The number of hydrogen-bond donors (Lipinski definition) is 2. The molecule has 0 bridgehead atoms. The highest BCUT2D eigenvalue weighted by molar-refractivity contribution is 7.89. The molecule has 2 N–H and O–H groups in total. The van der Waals surface area contributed by atoms with Gasteiger partial charge in [-0.2, -0.15) is 17.5 Å². The molecule has 13 heteroatoms. The van der Waals surface area contributed by atoms with Crippen LogP contribution in [0.15, 0.2) is 29.4 Å². The van der Waals surface area contributed by atoms with Crippen LogP contribution in [0.4, 0.5) is 13.2 Å². The summed E-state index contributed by atoms with van der Waals surface area (Å²) in [4.78, 5) is 15.3. The van der Waals surface area contributed by atoms with E-state index < -0.39 is 22.2 Å². The number of sulfonamides is 1. The number of aliphatic carboxylic acids is 1. The summed E-state index contributed by atoms with van der Waals surface area (Å²) in [5.41, 5.74) is 0.107. The minimum Gasteiger partial charge on any atom is -0.475 e. The molecule has 192 valence electrons. The highest BCUT2D eigenvalue weighted by Gasteiger charge is 2.45. The Labute approximate surface area is 196 Å². The number of carboxylic acid groups (broad SMARTS) is 1. The van der Waals surface area contributed by atoms with Crippen LogP contribution in [-0.2, 0) is 19.6 Å². The standard InChI is InChI=1S/C19H29N3O4S.C2HF3O2/c23-16-4-9-21(10-5-16)14-17-13-19(15-26-17)6-11-22(12-7-19)27(24,25)18-3-1-2-8-20-18;3-2(4,5)1(6)7/h1-3,8,16-17,23H,4-7,9-15H2;(H,6,7). The van der Waals surface area contributed by atoms with Crippen molar-refractivity contribution in [3.63, 3.8) is 0 Å². The lowest BCUT2D eigenvalue weighted by molar-refractivity contribution is -0.192. The zero-order valence-corrected chi connectivity index (χ0v) is 19.5. The molecule has 4 heterocycles. The topological polar surface area (TPSA) is 120 Å². The molecule has 0 saturated carbocycles. The molecule has 3 fully saturated rings. The van der Waals surface area contributed by atoms with E-state index >= 15 is 0 Å². The van der Waals surface area contributed by atoms with Crippen molar-refractivity contribution in [2.24, 2.45) is 5.41 Å². The lowest BCUT2D eigenvalue weighted by Gasteiger charge is -2.37. The number of rotatable bonds is 4. The first-order valence-corrected chi connectivity index (χ1v) is 12.6. The first-order valence-electron chi connectivity index (χ1n) is 11.1. The Balaban J connectivity index is 0.000000406. The molecule has 9 nitrogen and oxygen atoms in total. The summed E-state index contributed by atoms with van der Waals surface area (Å²) in [6.07, 6.45) is 0.886. The van der Waals surface area contributed by atoms with Crippen molar-refractivity contribution in [3.05, 3.63) is 24.4 Å². The number of nitrogens with zero attached hydrogens (tertiary/aromatic N) is 3. The molecule has 0 radical (unpaired) electrons. The molecule has 3 aliphatic rings. The molecule has 1 atom stereocenters. The molecule has 0 aromatic carbocycles. The van der Waals surface area contributed by atoms with E-state index in [1.807, 2.05) is 0 Å². The molecule has 34 heavy (non-hydrogen) atoms. The molecule has 1 spiro atoms. The van der Waals surface area contributed by atoms with Crippen molar-refractivity contribution in [3.8, 4) is 0 Å². The van der Waals surface area contributed by atoms with Gasteiger partial charge in [0, 0.05) is 38.9 Å². The van der Waals surface area contributed by atoms with Gasteiger partial charge in [-0.3, -0.25) is 0 Å². The van der Waals surface area contributed by atoms with E-state index in [0.29, 0.717) is 13.1 Å². The van der Waals surface area contributed by atoms with Crippen LogP contribution in [0.5, 0.6) is 0 Å². The number of hydrogen-bond acceptors (Lipinski definition) is 7. The van der Waals surface area contributed by atoms with Crippen LogP contribution >= 0.6 is 0 Å². The van der Waals surface area contributed by atoms with E-state index in [-0.39, 0.29) is 22.6 Å². The van der Waals surface area contributed by atoms with Gasteiger partial charge in [0.15, 0.2) is 5.03 Å². The highest BCUT2D eigenvalue weighted by Crippen LogP contribution is 2.43. The molecule has 1 aromatic heterocycles. The molecule has 0 aliphatic carbocycles. The fraction of sp³-hybridized carbons (Fsp3) is 0.714. The second kappa shape index (κ2) is 10.9. The van der Waals surface area contributed by atoms with Crippen LogP contribution < -0.4 is 0 Å². The Morgan fingerprint density at radius 1 is 1.18 bits per heavy atom. The number of aliphatic hydroxyl groups is 1. The number of ether oxygens (including phenoxy) is 1. The molecule has 4 rings (SSSR count). The summed E-state index contributed by atoms with van der Waals surface area (Å²) in [6, 6.07) is 4.99. The number of aromatic nitrogens is 1. The van der Waals surface area contributed by atoms with Crippen molar-refractivity contribution in [2.45, 2.75) is 55.5 Å². The van der Waals surface area contributed by atoms with E-state index in [0.717, 1.165) is 58.3 Å². The third kappa shape index (κ3) is 6.87. The first kappa shape index (κ1) is 26.8. The largest absolute Gasteiger partial charge is 0.490 e. The quantitative estimate of drug-likeness (QED) is 0.630. The summed E-state index contributed by atoms with van der Waals surface area (Å²) in [7, 11) is -3.50. The molecule has 1 aromatic rings. The maximum absolute atomic E-state index is 12.7. The van der Waals surface area contributed by atoms with Crippen LogP contribution in [0, 0.1) is 5.41 Å². The molecule has 0 amide bonds. The van der Waals surface area contributed by atoms with E-state index in [2.05, 4.69) is 9.88 Å². The van der Waals surface area contributed by atoms with Gasteiger partial charge in [0.05, 0.1) is 18.8 Å². The van der Waals surface area contributed by atoms with Gasteiger partial charge in [0.2, 0.25) is 0 Å². The van der Waals surface area contributed by atoms with Gasteiger partial charge < -0.3 is 19.8 Å². The number of pyridine rings is 1. The summed E-state index contributed by atoms with van der Waals surface area (Å²) in [6.45, 7) is 4.58. The molecular formula is C21H30F3N3O6S. The van der Waals surface area contributed by atoms with Crippen LogP contribution in [0.2, 0.25) is 0 Å². The average Bonchev–Trinajstić information content (AvgIpc) is 3.18. The number of carboxylic acids is 1. The maximum atomic E-state index is 12.7. The minimum atomic E-state index is -5.08. The molecule has 3 saturated heterocycles. The van der Waals surface area contributed by atoms with E-state index in [4.69, 9.17) is 14.6 Å². The Morgan fingerprint density at radius 2 is 1.79 bits per heavy atom. The summed E-state index contributed by atoms with van der Waals surface area (Å²) < 4.78 is 64.9. The zero-order chi connectivity index (χ0) is 25.0. The number of alkyl halides is 3. The lowest BCUT2D eigenvalue weighted by atomic mass is 9.77. The van der Waals surface area contributed by atoms with Crippen molar-refractivity contribution in [1.82, 2.24) is 14.2 Å². The fourth-order valence-corrected chi connectivity index (χ4v) is 5.96. The second-order valence-corrected chi connectivity index (χ2v) is 10.9. The van der Waals surface area contributed by atoms with Gasteiger partial charge in [-0.15, -0.1) is 0 Å². The summed E-state index contributed by atoms with van der Waals surface area (Å²) in [5, 5.41) is 16.9. The number of carbonyl (C=O) groups is 1. The maximum Gasteiger partial charge on any atom is 0.490 e. The monoisotopic (exact) mass is 509 g/mol. The molecule has 1 unspecified atom stereocenters. The van der Waals surface area contributed by atoms with Gasteiger partial charge in [-0.1, -0.05) is 6.07 Å². The van der Waals surface area contributed by atoms with E-state index in [9.17, 15) is 26.7 Å². The third-order valence-electron chi connectivity index (χ3n) is 6.57. The number of piperidine rings is 2. The van der Waals surface area contributed by atoms with Gasteiger partial charge >= 0.3 is 12.1 Å². The molecule has 3 aliphatic heterocycles. The van der Waals surface area contributed by atoms with Crippen LogP contribution in [0.25, 0.3) is 0 Å². The SMILES string of the molecule is O=C(O)C(F)(F)F.O=S(=O)(c1ccccn1)N1CCC2(CC1)COC(CN1CCC(O)CC1)C2. The zero-order valence-electron chi connectivity index (χ0n) is 18.7. The smallest absolute Gasteiger partial charge is 0.475 e. The van der Waals surface area contributed by atoms with E-state index in [1.54, 1.807) is 22.5 Å². The summed E-state index contributed by atoms with van der Waals surface area (Å²) in [5.74, 6) is -2.76. The number of halogens is 3. The Kier molecular flexibility index (Phi) is 8.56. The van der Waals surface area contributed by atoms with Gasteiger partial charge in [0.25, 0.3) is 10.0 Å². The second-order valence-electron chi connectivity index (χ2n) is 9.04. The van der Waals surface area contributed by atoms with Crippen LogP contribution in [0.3, 0.4) is 0 Å². The first-order chi connectivity index (χ1) is 15.9. The lowest BCUT2D eigenvalue weighted by Crippen LogP contribution is -2.44. The normalized spacial score (nSPS) is 24.5.